The number of carboxylic acids is 1. The maximum atomic E-state index is 11.0. The summed E-state index contributed by atoms with van der Waals surface area (Å²) in [7, 11) is 0. The summed E-state index contributed by atoms with van der Waals surface area (Å²) in [6, 6.07) is 0. The van der Waals surface area contributed by atoms with Crippen molar-refractivity contribution in [1.82, 2.24) is 0 Å². The van der Waals surface area contributed by atoms with E-state index in [1.165, 1.54) is 0 Å². The summed E-state index contributed by atoms with van der Waals surface area (Å²) in [5, 5.41) is 22.8. The Balaban J connectivity index is 0. The zero-order chi connectivity index (χ0) is 8.57. The van der Waals surface area contributed by atoms with E-state index in [0.29, 0.717) is 0 Å². The van der Waals surface area contributed by atoms with E-state index in [2.05, 4.69) is 6.58 Å². The first-order valence-corrected chi connectivity index (χ1v) is 2.35. The molecule has 0 rings (SSSR count). The van der Waals surface area contributed by atoms with Gasteiger partial charge < -0.3 is 15.3 Å². The standard InChI is InChI=1S/C3H3FO2.C2H6O2/c1-2(4)3(5)6;3-1-2-4/h1H2,(H,5,6);3-4H,1-2H2. The van der Waals surface area contributed by atoms with E-state index in [1.54, 1.807) is 0 Å². The van der Waals surface area contributed by atoms with Crippen LogP contribution in [-0.2, 0) is 4.79 Å². The Bertz CT molecular complexity index is 98.2. The molecule has 0 aromatic heterocycles. The molecule has 0 aromatic carbocycles. The molecule has 5 heteroatoms. The van der Waals surface area contributed by atoms with Crippen molar-refractivity contribution in [1.29, 1.82) is 0 Å². The summed E-state index contributed by atoms with van der Waals surface area (Å²) in [4.78, 5) is 9.22. The van der Waals surface area contributed by atoms with Crippen molar-refractivity contribution >= 4 is 5.97 Å². The molecule has 60 valence electrons. The molecule has 0 fully saturated rings. The zero-order valence-electron chi connectivity index (χ0n) is 5.25. The van der Waals surface area contributed by atoms with Gasteiger partial charge in [-0.15, -0.1) is 0 Å². The SMILES string of the molecule is C=C(F)C(=O)O.OCCO. The molecule has 0 aliphatic rings. The Morgan fingerprint density at radius 3 is 1.60 bits per heavy atom. The van der Waals surface area contributed by atoms with Crippen molar-refractivity contribution in [3.63, 3.8) is 0 Å². The van der Waals surface area contributed by atoms with Gasteiger partial charge >= 0.3 is 5.97 Å². The summed E-state index contributed by atoms with van der Waals surface area (Å²) in [5.74, 6) is -2.93. The van der Waals surface area contributed by atoms with Crippen LogP contribution < -0.4 is 0 Å². The van der Waals surface area contributed by atoms with Crippen molar-refractivity contribution in [2.24, 2.45) is 0 Å². The molecule has 0 saturated heterocycles. The summed E-state index contributed by atoms with van der Waals surface area (Å²) in [5.41, 5.74) is 0. The lowest BCUT2D eigenvalue weighted by Crippen LogP contribution is -1.90. The second-order valence-corrected chi connectivity index (χ2v) is 1.16. The van der Waals surface area contributed by atoms with Crippen molar-refractivity contribution in [3.05, 3.63) is 12.4 Å². The Kier molecular flexibility index (Phi) is 9.52. The normalized spacial score (nSPS) is 7.50. The number of hydrogen-bond acceptors (Lipinski definition) is 3. The number of halogens is 1. The maximum absolute atomic E-state index is 11.0. The van der Waals surface area contributed by atoms with E-state index in [9.17, 15) is 9.18 Å². The van der Waals surface area contributed by atoms with Crippen LogP contribution in [0.1, 0.15) is 0 Å². The smallest absolute Gasteiger partial charge is 0.364 e. The van der Waals surface area contributed by atoms with E-state index in [-0.39, 0.29) is 13.2 Å². The minimum atomic E-state index is -1.60. The van der Waals surface area contributed by atoms with Crippen LogP contribution in [0.2, 0.25) is 0 Å². The summed E-state index contributed by atoms with van der Waals surface area (Å²) in [6.45, 7) is 2.24. The number of aliphatic carboxylic acids is 1. The van der Waals surface area contributed by atoms with Crippen molar-refractivity contribution in [2.45, 2.75) is 0 Å². The van der Waals surface area contributed by atoms with Gasteiger partial charge in [-0.2, -0.15) is 4.39 Å². The molecule has 0 spiro atoms. The molecule has 0 bridgehead atoms. The van der Waals surface area contributed by atoms with Gasteiger partial charge in [0.2, 0.25) is 5.83 Å². The van der Waals surface area contributed by atoms with Crippen LogP contribution in [0.25, 0.3) is 0 Å². The minimum absolute atomic E-state index is 0.125. The van der Waals surface area contributed by atoms with Gasteiger partial charge in [-0.05, 0) is 0 Å². The fourth-order valence-electron chi connectivity index (χ4n) is 0. The number of rotatable bonds is 2. The average molecular weight is 152 g/mol. The van der Waals surface area contributed by atoms with Crippen LogP contribution in [0.5, 0.6) is 0 Å². The third kappa shape index (κ3) is 15.7. The molecular weight excluding hydrogens is 143 g/mol. The Morgan fingerprint density at radius 1 is 1.40 bits per heavy atom. The lowest BCUT2D eigenvalue weighted by Gasteiger charge is -1.75. The Morgan fingerprint density at radius 2 is 1.60 bits per heavy atom. The fourth-order valence-corrected chi connectivity index (χ4v) is 0. The predicted molar refractivity (Wildman–Crippen MR) is 32.1 cm³/mol. The maximum Gasteiger partial charge on any atom is 0.364 e. The molecule has 0 saturated carbocycles. The van der Waals surface area contributed by atoms with Crippen molar-refractivity contribution in [3.8, 4) is 0 Å². The predicted octanol–water partition coefficient (Wildman–Crippen LogP) is -0.475. The highest BCUT2D eigenvalue weighted by atomic mass is 19.1. The summed E-state index contributed by atoms with van der Waals surface area (Å²) < 4.78 is 11.0. The molecule has 4 nitrogen and oxygen atoms in total. The molecule has 10 heavy (non-hydrogen) atoms. The number of hydrogen-bond donors (Lipinski definition) is 3. The van der Waals surface area contributed by atoms with Gasteiger partial charge in [0.15, 0.2) is 0 Å². The van der Waals surface area contributed by atoms with Gasteiger partial charge in [0.25, 0.3) is 0 Å². The first-order chi connectivity index (χ1) is 4.56. The van der Waals surface area contributed by atoms with Crippen molar-refractivity contribution in [2.75, 3.05) is 13.2 Å². The second kappa shape index (κ2) is 8.06. The Hall–Kier alpha value is -0.940. The first kappa shape index (κ1) is 11.8. The van der Waals surface area contributed by atoms with Gasteiger partial charge in [0, 0.05) is 0 Å². The monoisotopic (exact) mass is 152 g/mol. The summed E-state index contributed by atoms with van der Waals surface area (Å²) >= 11 is 0. The number of aliphatic hydroxyl groups excluding tert-OH is 2. The quantitative estimate of drug-likeness (QED) is 0.467. The van der Waals surface area contributed by atoms with Crippen LogP contribution in [0.15, 0.2) is 12.4 Å². The third-order valence-electron chi connectivity index (χ3n) is 0.332. The number of carboxylic acid groups (broad SMARTS) is 1. The molecule has 3 N–H and O–H groups in total. The van der Waals surface area contributed by atoms with Gasteiger partial charge in [0.1, 0.15) is 0 Å². The fraction of sp³-hybridized carbons (Fsp3) is 0.400. The minimum Gasteiger partial charge on any atom is -0.476 e. The van der Waals surface area contributed by atoms with Crippen LogP contribution in [0.4, 0.5) is 4.39 Å². The van der Waals surface area contributed by atoms with E-state index in [4.69, 9.17) is 15.3 Å². The van der Waals surface area contributed by atoms with Gasteiger partial charge in [-0.25, -0.2) is 4.79 Å². The van der Waals surface area contributed by atoms with E-state index in [1.807, 2.05) is 0 Å². The van der Waals surface area contributed by atoms with Crippen LogP contribution in [0, 0.1) is 0 Å². The molecule has 0 aliphatic heterocycles. The number of aliphatic hydroxyl groups is 2. The zero-order valence-corrected chi connectivity index (χ0v) is 5.25. The van der Waals surface area contributed by atoms with Crippen molar-refractivity contribution < 1.29 is 24.5 Å². The lowest BCUT2D eigenvalue weighted by atomic mass is 10.6. The number of carbonyl (C=O) groups is 1. The highest BCUT2D eigenvalue weighted by Gasteiger charge is 1.96. The molecule has 0 aromatic rings. The molecule has 0 amide bonds. The molecule has 0 aliphatic carbocycles. The highest BCUT2D eigenvalue weighted by Crippen LogP contribution is 1.86. The van der Waals surface area contributed by atoms with E-state index in [0.717, 1.165) is 0 Å². The molecular formula is C5H9FO4. The molecule has 0 heterocycles. The average Bonchev–Trinajstić information content (AvgIpc) is 1.89. The molecule has 0 atom stereocenters. The van der Waals surface area contributed by atoms with Crippen LogP contribution in [0.3, 0.4) is 0 Å². The largest absolute Gasteiger partial charge is 0.476 e. The molecule has 0 unspecified atom stereocenters. The first-order valence-electron chi connectivity index (χ1n) is 2.35. The molecule has 0 radical (unpaired) electrons. The highest BCUT2D eigenvalue weighted by molar-refractivity contribution is 5.82. The van der Waals surface area contributed by atoms with Crippen LogP contribution >= 0.6 is 0 Å². The lowest BCUT2D eigenvalue weighted by molar-refractivity contribution is -0.134. The second-order valence-electron chi connectivity index (χ2n) is 1.16. The van der Waals surface area contributed by atoms with Gasteiger partial charge in [0.05, 0.1) is 13.2 Å². The van der Waals surface area contributed by atoms with Crippen LogP contribution in [-0.4, -0.2) is 34.5 Å². The van der Waals surface area contributed by atoms with E-state index >= 15 is 0 Å². The van der Waals surface area contributed by atoms with Gasteiger partial charge in [-0.3, -0.25) is 0 Å². The van der Waals surface area contributed by atoms with Gasteiger partial charge in [-0.1, -0.05) is 6.58 Å². The Labute approximate surface area is 57.2 Å². The van der Waals surface area contributed by atoms with E-state index < -0.39 is 11.8 Å². The third-order valence-corrected chi connectivity index (χ3v) is 0.332. The topological polar surface area (TPSA) is 77.8 Å². The summed E-state index contributed by atoms with van der Waals surface area (Å²) in [6.07, 6.45) is 0.